The summed E-state index contributed by atoms with van der Waals surface area (Å²) in [5.74, 6) is 0.602. The second-order valence-electron chi connectivity index (χ2n) is 6.65. The molecular weight excluding hydrogens is 372 g/mol. The number of imidazole rings is 1. The number of rotatable bonds is 5. The van der Waals surface area contributed by atoms with Gasteiger partial charge < -0.3 is 13.7 Å². The predicted octanol–water partition coefficient (Wildman–Crippen LogP) is 2.26. The van der Waals surface area contributed by atoms with E-state index in [1.807, 2.05) is 41.9 Å². The second-order valence-corrected chi connectivity index (χ2v) is 6.65. The molecule has 0 saturated carbocycles. The molecule has 148 valence electrons. The van der Waals surface area contributed by atoms with Crippen molar-refractivity contribution in [1.82, 2.24) is 20.4 Å². The highest BCUT2D eigenvalue weighted by molar-refractivity contribution is 5.89. The molecule has 0 unspecified atom stereocenters. The lowest BCUT2D eigenvalue weighted by Crippen LogP contribution is -2.43. The van der Waals surface area contributed by atoms with Crippen LogP contribution in [-0.4, -0.2) is 28.5 Å². The Morgan fingerprint density at radius 2 is 1.86 bits per heavy atom. The molecule has 8 nitrogen and oxygen atoms in total. The standard InChI is InChI=1S/C21H20N4O4/c1-25-17-6-4-3-5-16(17)22-19(25)11-21(27)24-23-20(26)9-13-12-29-18-10-14(28-2)7-8-15(13)18/h3-8,10,12H,9,11H2,1-2H3,(H,23,26)(H,24,27). The number of hydrogen-bond acceptors (Lipinski definition) is 5. The van der Waals surface area contributed by atoms with Crippen LogP contribution >= 0.6 is 0 Å². The maximum absolute atomic E-state index is 12.2. The van der Waals surface area contributed by atoms with Crippen molar-refractivity contribution in [1.29, 1.82) is 0 Å². The number of methoxy groups -OCH3 is 1. The molecule has 0 atom stereocenters. The smallest absolute Gasteiger partial charge is 0.245 e. The molecule has 0 aliphatic carbocycles. The highest BCUT2D eigenvalue weighted by Gasteiger charge is 2.14. The SMILES string of the molecule is COc1ccc2c(CC(=O)NNC(=O)Cc3nc4ccccc4n3C)coc2c1. The van der Waals surface area contributed by atoms with Crippen LogP contribution in [0.4, 0.5) is 0 Å². The van der Waals surface area contributed by atoms with Crippen molar-refractivity contribution in [3.63, 3.8) is 0 Å². The molecule has 29 heavy (non-hydrogen) atoms. The first-order valence-corrected chi connectivity index (χ1v) is 9.07. The van der Waals surface area contributed by atoms with Crippen LogP contribution in [0.2, 0.25) is 0 Å². The van der Waals surface area contributed by atoms with Gasteiger partial charge in [0, 0.05) is 24.1 Å². The van der Waals surface area contributed by atoms with Gasteiger partial charge in [0.05, 0.1) is 37.2 Å². The molecule has 2 amide bonds. The Bertz CT molecular complexity index is 1210. The normalized spacial score (nSPS) is 11.0. The largest absolute Gasteiger partial charge is 0.497 e. The van der Waals surface area contributed by atoms with Gasteiger partial charge in [-0.3, -0.25) is 20.4 Å². The topological polar surface area (TPSA) is 98.4 Å². The third kappa shape index (κ3) is 3.77. The molecule has 8 heteroatoms. The number of carbonyl (C=O) groups excluding carboxylic acids is 2. The summed E-state index contributed by atoms with van der Waals surface area (Å²) in [6.07, 6.45) is 1.66. The number of furan rings is 1. The van der Waals surface area contributed by atoms with E-state index < -0.39 is 0 Å². The van der Waals surface area contributed by atoms with Crippen molar-refractivity contribution in [2.75, 3.05) is 7.11 Å². The van der Waals surface area contributed by atoms with Crippen LogP contribution in [0, 0.1) is 0 Å². The van der Waals surface area contributed by atoms with Crippen LogP contribution in [0.25, 0.3) is 22.0 Å². The van der Waals surface area contributed by atoms with E-state index in [2.05, 4.69) is 15.8 Å². The minimum Gasteiger partial charge on any atom is -0.497 e. The Labute approximate surface area is 166 Å². The van der Waals surface area contributed by atoms with E-state index >= 15 is 0 Å². The number of fused-ring (bicyclic) bond motifs is 2. The third-order valence-electron chi connectivity index (χ3n) is 4.75. The maximum atomic E-state index is 12.2. The van der Waals surface area contributed by atoms with Crippen LogP contribution in [0.1, 0.15) is 11.4 Å². The van der Waals surface area contributed by atoms with E-state index in [1.165, 1.54) is 6.26 Å². The number of aromatic nitrogens is 2. The van der Waals surface area contributed by atoms with Crippen LogP contribution in [0.3, 0.4) is 0 Å². The Morgan fingerprint density at radius 3 is 2.62 bits per heavy atom. The van der Waals surface area contributed by atoms with E-state index in [0.29, 0.717) is 17.2 Å². The van der Waals surface area contributed by atoms with Gasteiger partial charge in [-0.25, -0.2) is 4.98 Å². The lowest BCUT2D eigenvalue weighted by atomic mass is 10.1. The van der Waals surface area contributed by atoms with Crippen LogP contribution in [0.15, 0.2) is 53.1 Å². The van der Waals surface area contributed by atoms with Gasteiger partial charge >= 0.3 is 0 Å². The monoisotopic (exact) mass is 392 g/mol. The number of carbonyl (C=O) groups is 2. The summed E-state index contributed by atoms with van der Waals surface area (Å²) in [6.45, 7) is 0. The van der Waals surface area contributed by atoms with Crippen molar-refractivity contribution in [2.45, 2.75) is 12.8 Å². The number of hydrazine groups is 1. The summed E-state index contributed by atoms with van der Waals surface area (Å²) >= 11 is 0. The molecule has 0 aliphatic rings. The molecule has 0 aliphatic heterocycles. The second kappa shape index (κ2) is 7.67. The Hall–Kier alpha value is -3.81. The first-order chi connectivity index (χ1) is 14.0. The summed E-state index contributed by atoms with van der Waals surface area (Å²) in [5, 5.41) is 0.826. The summed E-state index contributed by atoms with van der Waals surface area (Å²) in [6, 6.07) is 13.1. The summed E-state index contributed by atoms with van der Waals surface area (Å²) in [5.41, 5.74) is 8.01. The van der Waals surface area contributed by atoms with E-state index in [-0.39, 0.29) is 24.7 Å². The third-order valence-corrected chi connectivity index (χ3v) is 4.75. The number of nitrogens with zero attached hydrogens (tertiary/aromatic N) is 2. The zero-order valence-corrected chi connectivity index (χ0v) is 16.1. The lowest BCUT2D eigenvalue weighted by Gasteiger charge is -2.07. The average molecular weight is 392 g/mol. The predicted molar refractivity (Wildman–Crippen MR) is 107 cm³/mol. The van der Waals surface area contributed by atoms with Crippen molar-refractivity contribution < 1.29 is 18.7 Å². The molecule has 0 bridgehead atoms. The highest BCUT2D eigenvalue weighted by atomic mass is 16.5. The van der Waals surface area contributed by atoms with Crippen LogP contribution in [0.5, 0.6) is 5.75 Å². The Kier molecular flexibility index (Phi) is 4.90. The first kappa shape index (κ1) is 18.5. The fraction of sp³-hybridized carbons (Fsp3) is 0.190. The molecule has 0 saturated heterocycles. The lowest BCUT2D eigenvalue weighted by molar-refractivity contribution is -0.128. The zero-order valence-electron chi connectivity index (χ0n) is 16.1. The fourth-order valence-electron chi connectivity index (χ4n) is 3.23. The molecule has 0 fully saturated rings. The Balaban J connectivity index is 1.35. The average Bonchev–Trinajstić information content (AvgIpc) is 3.27. The van der Waals surface area contributed by atoms with E-state index in [1.54, 1.807) is 19.2 Å². The van der Waals surface area contributed by atoms with E-state index in [0.717, 1.165) is 22.0 Å². The molecule has 4 aromatic rings. The molecule has 2 aromatic heterocycles. The van der Waals surface area contributed by atoms with Gasteiger partial charge in [0.2, 0.25) is 11.8 Å². The first-order valence-electron chi connectivity index (χ1n) is 9.07. The van der Waals surface area contributed by atoms with Gasteiger partial charge in [-0.2, -0.15) is 0 Å². The summed E-state index contributed by atoms with van der Waals surface area (Å²) < 4.78 is 12.5. The van der Waals surface area contributed by atoms with Gasteiger partial charge in [-0.15, -0.1) is 0 Å². The van der Waals surface area contributed by atoms with Crippen LogP contribution in [-0.2, 0) is 29.5 Å². The molecule has 0 spiro atoms. The highest BCUT2D eigenvalue weighted by Crippen LogP contribution is 2.25. The molecular formula is C21H20N4O4. The number of benzene rings is 2. The number of hydrogen-bond donors (Lipinski definition) is 2. The van der Waals surface area contributed by atoms with Gasteiger partial charge in [0.1, 0.15) is 17.2 Å². The molecule has 4 rings (SSSR count). The van der Waals surface area contributed by atoms with Gasteiger partial charge in [0.15, 0.2) is 0 Å². The number of ether oxygens (including phenoxy) is 1. The number of para-hydroxylation sites is 2. The number of amides is 2. The summed E-state index contributed by atoms with van der Waals surface area (Å²) in [7, 11) is 3.43. The van der Waals surface area contributed by atoms with Gasteiger partial charge in [0.25, 0.3) is 0 Å². The summed E-state index contributed by atoms with van der Waals surface area (Å²) in [4.78, 5) is 28.9. The van der Waals surface area contributed by atoms with Gasteiger partial charge in [-0.05, 0) is 24.3 Å². The van der Waals surface area contributed by atoms with E-state index in [9.17, 15) is 9.59 Å². The quantitative estimate of drug-likeness (QED) is 0.508. The minimum atomic E-state index is -0.349. The molecule has 2 aromatic carbocycles. The van der Waals surface area contributed by atoms with Crippen molar-refractivity contribution in [3.8, 4) is 5.75 Å². The zero-order chi connectivity index (χ0) is 20.4. The molecule has 2 heterocycles. The van der Waals surface area contributed by atoms with E-state index in [4.69, 9.17) is 9.15 Å². The minimum absolute atomic E-state index is 0.0555. The number of nitrogens with one attached hydrogen (secondary N) is 2. The van der Waals surface area contributed by atoms with Crippen molar-refractivity contribution in [3.05, 3.63) is 60.1 Å². The van der Waals surface area contributed by atoms with Crippen LogP contribution < -0.4 is 15.6 Å². The number of aryl methyl sites for hydroxylation is 1. The maximum Gasteiger partial charge on any atom is 0.245 e. The van der Waals surface area contributed by atoms with Crippen molar-refractivity contribution >= 4 is 33.8 Å². The fourth-order valence-corrected chi connectivity index (χ4v) is 3.23. The Morgan fingerprint density at radius 1 is 1.10 bits per heavy atom. The van der Waals surface area contributed by atoms with Gasteiger partial charge in [-0.1, -0.05) is 12.1 Å². The molecule has 0 radical (unpaired) electrons. The molecule has 2 N–H and O–H groups in total. The van der Waals surface area contributed by atoms with Crippen molar-refractivity contribution in [2.24, 2.45) is 7.05 Å².